The van der Waals surface area contributed by atoms with Gasteiger partial charge in [0.25, 0.3) is 0 Å². The van der Waals surface area contributed by atoms with E-state index in [9.17, 15) is 9.90 Å². The van der Waals surface area contributed by atoms with Gasteiger partial charge in [-0.1, -0.05) is 31.0 Å². The molecule has 0 radical (unpaired) electrons. The zero-order chi connectivity index (χ0) is 14.8. The lowest BCUT2D eigenvalue weighted by molar-refractivity contribution is -0.143. The fourth-order valence-corrected chi connectivity index (χ4v) is 3.62. The summed E-state index contributed by atoms with van der Waals surface area (Å²) in [7, 11) is 0. The molecule has 1 aliphatic rings. The molecule has 3 rings (SSSR count). The van der Waals surface area contributed by atoms with Crippen LogP contribution in [0.3, 0.4) is 0 Å². The predicted octanol–water partition coefficient (Wildman–Crippen LogP) is 3.98. The molecule has 1 unspecified atom stereocenters. The number of aryl methyl sites for hydroxylation is 1. The van der Waals surface area contributed by atoms with Gasteiger partial charge in [-0.3, -0.25) is 9.78 Å². The summed E-state index contributed by atoms with van der Waals surface area (Å²) in [6.45, 7) is 1.97. The molecule has 1 atom stereocenters. The zero-order valence-corrected chi connectivity index (χ0v) is 12.4. The van der Waals surface area contributed by atoms with Gasteiger partial charge in [0.2, 0.25) is 0 Å². The highest BCUT2D eigenvalue weighted by atomic mass is 16.4. The molecule has 1 N–H and O–H groups in total. The summed E-state index contributed by atoms with van der Waals surface area (Å²) >= 11 is 0. The molecule has 0 saturated heterocycles. The van der Waals surface area contributed by atoms with Crippen LogP contribution in [0.5, 0.6) is 0 Å². The highest BCUT2D eigenvalue weighted by Gasteiger charge is 2.31. The van der Waals surface area contributed by atoms with Crippen LogP contribution in [-0.4, -0.2) is 16.1 Å². The predicted molar refractivity (Wildman–Crippen MR) is 83.3 cm³/mol. The van der Waals surface area contributed by atoms with E-state index in [0.29, 0.717) is 12.3 Å². The van der Waals surface area contributed by atoms with Crippen LogP contribution in [0, 0.1) is 18.8 Å². The van der Waals surface area contributed by atoms with Gasteiger partial charge in [0, 0.05) is 11.1 Å². The van der Waals surface area contributed by atoms with E-state index < -0.39 is 5.97 Å². The Morgan fingerprint density at radius 1 is 1.33 bits per heavy atom. The van der Waals surface area contributed by atoms with Gasteiger partial charge in [-0.05, 0) is 49.8 Å². The first-order valence-electron chi connectivity index (χ1n) is 7.73. The molecule has 2 aromatic rings. The van der Waals surface area contributed by atoms with E-state index in [1.165, 1.54) is 12.8 Å². The number of carboxylic acids is 1. The molecule has 0 bridgehead atoms. The van der Waals surface area contributed by atoms with E-state index in [4.69, 9.17) is 0 Å². The van der Waals surface area contributed by atoms with Gasteiger partial charge in [-0.2, -0.15) is 0 Å². The average Bonchev–Trinajstić information content (AvgIpc) is 2.97. The summed E-state index contributed by atoms with van der Waals surface area (Å²) in [5, 5.41) is 10.7. The molecule has 0 amide bonds. The third-order valence-electron chi connectivity index (χ3n) is 4.66. The number of aliphatic carboxylic acids is 1. The summed E-state index contributed by atoms with van der Waals surface area (Å²) in [6, 6.07) is 10.1. The van der Waals surface area contributed by atoms with E-state index in [2.05, 4.69) is 4.98 Å². The summed E-state index contributed by atoms with van der Waals surface area (Å²) in [5.74, 6) is -0.590. The van der Waals surface area contributed by atoms with E-state index >= 15 is 0 Å². The number of nitrogens with zero attached hydrogens (tertiary/aromatic N) is 1. The first-order chi connectivity index (χ1) is 10.1. The van der Waals surface area contributed by atoms with Crippen LogP contribution >= 0.6 is 0 Å². The van der Waals surface area contributed by atoms with E-state index in [1.807, 2.05) is 37.3 Å². The quantitative estimate of drug-likeness (QED) is 0.923. The van der Waals surface area contributed by atoms with E-state index in [1.54, 1.807) is 0 Å². The maximum atomic E-state index is 11.7. The summed E-state index contributed by atoms with van der Waals surface area (Å²) < 4.78 is 0. The second kappa shape index (κ2) is 5.84. The molecule has 1 saturated carbocycles. The molecule has 21 heavy (non-hydrogen) atoms. The van der Waals surface area contributed by atoms with Gasteiger partial charge in [0.05, 0.1) is 11.4 Å². The van der Waals surface area contributed by atoms with Crippen molar-refractivity contribution < 1.29 is 9.90 Å². The summed E-state index contributed by atoms with van der Waals surface area (Å²) in [4.78, 5) is 16.2. The normalized spacial score (nSPS) is 17.2. The van der Waals surface area contributed by atoms with Crippen molar-refractivity contribution in [2.45, 2.75) is 39.0 Å². The lowest BCUT2D eigenvalue weighted by Crippen LogP contribution is -2.24. The Morgan fingerprint density at radius 3 is 2.76 bits per heavy atom. The standard InChI is InChI=1S/C18H21NO2/c1-12-10-14(15-8-4-5-9-17(15)19-12)11-16(18(20)21)13-6-2-3-7-13/h4-5,8-10,13,16H,2-3,6-7,11H2,1H3,(H,20,21). The van der Waals surface area contributed by atoms with Gasteiger partial charge in [0.15, 0.2) is 0 Å². The van der Waals surface area contributed by atoms with Crippen LogP contribution in [0.2, 0.25) is 0 Å². The number of pyridine rings is 1. The van der Waals surface area contributed by atoms with Crippen LogP contribution in [0.1, 0.15) is 36.9 Å². The molecule has 1 heterocycles. The summed E-state index contributed by atoms with van der Waals surface area (Å²) in [6.07, 6.45) is 5.07. The number of hydrogen-bond acceptors (Lipinski definition) is 2. The van der Waals surface area contributed by atoms with Gasteiger partial charge < -0.3 is 5.11 Å². The van der Waals surface area contributed by atoms with Crippen molar-refractivity contribution in [2.24, 2.45) is 11.8 Å². The smallest absolute Gasteiger partial charge is 0.307 e. The third kappa shape index (κ3) is 2.92. The van der Waals surface area contributed by atoms with Crippen molar-refractivity contribution in [3.63, 3.8) is 0 Å². The molecular formula is C18H21NO2. The molecule has 3 heteroatoms. The molecule has 110 valence electrons. The highest BCUT2D eigenvalue weighted by Crippen LogP contribution is 2.34. The van der Waals surface area contributed by atoms with Crippen molar-refractivity contribution in [1.29, 1.82) is 0 Å². The largest absolute Gasteiger partial charge is 0.481 e. The number of carbonyl (C=O) groups is 1. The van der Waals surface area contributed by atoms with Crippen molar-refractivity contribution in [3.05, 3.63) is 41.6 Å². The Kier molecular flexibility index (Phi) is 3.91. The summed E-state index contributed by atoms with van der Waals surface area (Å²) in [5.41, 5.74) is 3.04. The minimum atomic E-state index is -0.652. The Labute approximate surface area is 125 Å². The molecule has 0 spiro atoms. The molecule has 1 aromatic carbocycles. The number of aromatic nitrogens is 1. The van der Waals surface area contributed by atoms with Crippen LogP contribution in [0.4, 0.5) is 0 Å². The molecule has 1 fully saturated rings. The molecular weight excluding hydrogens is 262 g/mol. The Balaban J connectivity index is 1.97. The number of carboxylic acid groups (broad SMARTS) is 1. The third-order valence-corrected chi connectivity index (χ3v) is 4.66. The topological polar surface area (TPSA) is 50.2 Å². The van der Waals surface area contributed by atoms with E-state index in [-0.39, 0.29) is 5.92 Å². The number of rotatable bonds is 4. The molecule has 3 nitrogen and oxygen atoms in total. The second-order valence-electron chi connectivity index (χ2n) is 6.13. The number of benzene rings is 1. The number of hydrogen-bond donors (Lipinski definition) is 1. The first-order valence-corrected chi connectivity index (χ1v) is 7.73. The monoisotopic (exact) mass is 283 g/mol. The number of para-hydroxylation sites is 1. The van der Waals surface area contributed by atoms with Crippen molar-refractivity contribution in [1.82, 2.24) is 4.98 Å². The highest BCUT2D eigenvalue weighted by molar-refractivity contribution is 5.83. The lowest BCUT2D eigenvalue weighted by Gasteiger charge is -2.20. The van der Waals surface area contributed by atoms with Crippen molar-refractivity contribution >= 4 is 16.9 Å². The molecule has 0 aliphatic heterocycles. The van der Waals surface area contributed by atoms with Gasteiger partial charge in [-0.25, -0.2) is 0 Å². The fraction of sp³-hybridized carbons (Fsp3) is 0.444. The maximum Gasteiger partial charge on any atom is 0.307 e. The lowest BCUT2D eigenvalue weighted by atomic mass is 9.85. The fourth-order valence-electron chi connectivity index (χ4n) is 3.62. The molecule has 1 aliphatic carbocycles. The van der Waals surface area contributed by atoms with Crippen LogP contribution in [0.25, 0.3) is 10.9 Å². The second-order valence-corrected chi connectivity index (χ2v) is 6.13. The average molecular weight is 283 g/mol. The van der Waals surface area contributed by atoms with Crippen LogP contribution in [-0.2, 0) is 11.2 Å². The van der Waals surface area contributed by atoms with Crippen LogP contribution in [0.15, 0.2) is 30.3 Å². The zero-order valence-electron chi connectivity index (χ0n) is 12.4. The Hall–Kier alpha value is -1.90. The number of fused-ring (bicyclic) bond motifs is 1. The Morgan fingerprint density at radius 2 is 2.05 bits per heavy atom. The van der Waals surface area contributed by atoms with Crippen LogP contribution < -0.4 is 0 Å². The minimum absolute atomic E-state index is 0.266. The SMILES string of the molecule is Cc1cc(CC(C(=O)O)C2CCCC2)c2ccccc2n1. The van der Waals surface area contributed by atoms with Crippen molar-refractivity contribution in [3.8, 4) is 0 Å². The van der Waals surface area contributed by atoms with Gasteiger partial charge >= 0.3 is 5.97 Å². The van der Waals surface area contributed by atoms with Gasteiger partial charge in [0.1, 0.15) is 0 Å². The Bertz CT molecular complexity index is 659. The van der Waals surface area contributed by atoms with E-state index in [0.717, 1.165) is 35.0 Å². The van der Waals surface area contributed by atoms with Crippen molar-refractivity contribution in [2.75, 3.05) is 0 Å². The first kappa shape index (κ1) is 14.1. The van der Waals surface area contributed by atoms with Gasteiger partial charge in [-0.15, -0.1) is 0 Å². The maximum absolute atomic E-state index is 11.7. The minimum Gasteiger partial charge on any atom is -0.481 e. The molecule has 1 aromatic heterocycles.